The molecule has 0 aromatic heterocycles. The summed E-state index contributed by atoms with van der Waals surface area (Å²) in [5, 5.41) is 0. The van der Waals surface area contributed by atoms with Gasteiger partial charge in [-0.3, -0.25) is 0 Å². The van der Waals surface area contributed by atoms with E-state index in [0.29, 0.717) is 12.5 Å². The SMILES string of the molecule is Cc1cc(OCc2ccccc2)ccc1CCCCl. The highest BCUT2D eigenvalue weighted by molar-refractivity contribution is 6.17. The van der Waals surface area contributed by atoms with Crippen molar-refractivity contribution < 1.29 is 4.74 Å². The molecule has 0 aliphatic rings. The summed E-state index contributed by atoms with van der Waals surface area (Å²) in [4.78, 5) is 0. The summed E-state index contributed by atoms with van der Waals surface area (Å²) in [5.74, 6) is 1.64. The van der Waals surface area contributed by atoms with Gasteiger partial charge >= 0.3 is 0 Å². The Morgan fingerprint density at radius 3 is 2.53 bits per heavy atom. The van der Waals surface area contributed by atoms with Gasteiger partial charge in [-0.1, -0.05) is 36.4 Å². The Morgan fingerprint density at radius 2 is 1.84 bits per heavy atom. The maximum atomic E-state index is 5.81. The van der Waals surface area contributed by atoms with Gasteiger partial charge in [-0.25, -0.2) is 0 Å². The van der Waals surface area contributed by atoms with Gasteiger partial charge in [0.05, 0.1) is 0 Å². The van der Waals surface area contributed by atoms with E-state index < -0.39 is 0 Å². The van der Waals surface area contributed by atoms with Crippen LogP contribution in [-0.4, -0.2) is 5.88 Å². The molecule has 19 heavy (non-hydrogen) atoms. The molecule has 0 spiro atoms. The van der Waals surface area contributed by atoms with E-state index in [1.165, 1.54) is 16.7 Å². The fourth-order valence-electron chi connectivity index (χ4n) is 2.04. The fourth-order valence-corrected chi connectivity index (χ4v) is 2.17. The van der Waals surface area contributed by atoms with E-state index in [1.807, 2.05) is 24.3 Å². The highest BCUT2D eigenvalue weighted by Crippen LogP contribution is 2.19. The third kappa shape index (κ3) is 4.29. The minimum atomic E-state index is 0.612. The molecule has 0 fully saturated rings. The van der Waals surface area contributed by atoms with Gasteiger partial charge in [0.25, 0.3) is 0 Å². The molecule has 0 atom stereocenters. The minimum Gasteiger partial charge on any atom is -0.489 e. The lowest BCUT2D eigenvalue weighted by atomic mass is 10.0. The second-order valence-corrected chi connectivity index (χ2v) is 5.03. The predicted octanol–water partition coefficient (Wildman–Crippen LogP) is 4.75. The lowest BCUT2D eigenvalue weighted by Gasteiger charge is -2.10. The number of benzene rings is 2. The third-order valence-corrected chi connectivity index (χ3v) is 3.41. The van der Waals surface area contributed by atoms with Gasteiger partial charge in [-0.2, -0.15) is 0 Å². The Bertz CT molecular complexity index is 508. The normalized spacial score (nSPS) is 10.4. The average molecular weight is 275 g/mol. The molecule has 0 bridgehead atoms. The molecule has 0 saturated heterocycles. The van der Waals surface area contributed by atoms with Crippen molar-refractivity contribution in [1.82, 2.24) is 0 Å². The van der Waals surface area contributed by atoms with Crippen molar-refractivity contribution in [1.29, 1.82) is 0 Å². The summed E-state index contributed by atoms with van der Waals surface area (Å²) in [6, 6.07) is 16.5. The van der Waals surface area contributed by atoms with E-state index in [2.05, 4.69) is 31.2 Å². The quantitative estimate of drug-likeness (QED) is 0.691. The van der Waals surface area contributed by atoms with Crippen molar-refractivity contribution in [2.45, 2.75) is 26.4 Å². The zero-order valence-electron chi connectivity index (χ0n) is 11.2. The molecule has 2 aromatic carbocycles. The molecule has 2 heteroatoms. The summed E-state index contributed by atoms with van der Waals surface area (Å²) in [5.41, 5.74) is 3.81. The lowest BCUT2D eigenvalue weighted by molar-refractivity contribution is 0.306. The Kier molecular flexibility index (Phi) is 5.29. The van der Waals surface area contributed by atoms with Gasteiger partial charge in [-0.15, -0.1) is 11.6 Å². The van der Waals surface area contributed by atoms with Crippen LogP contribution < -0.4 is 4.74 Å². The Labute approximate surface area is 120 Å². The predicted molar refractivity (Wildman–Crippen MR) is 81.0 cm³/mol. The molecule has 1 nitrogen and oxygen atoms in total. The van der Waals surface area contributed by atoms with Crippen LogP contribution in [0.15, 0.2) is 48.5 Å². The summed E-state index contributed by atoms with van der Waals surface area (Å²) < 4.78 is 5.81. The van der Waals surface area contributed by atoms with Crippen LogP contribution in [0.2, 0.25) is 0 Å². The summed E-state index contributed by atoms with van der Waals surface area (Å²) >= 11 is 5.73. The number of alkyl halides is 1. The summed E-state index contributed by atoms with van der Waals surface area (Å²) in [6.07, 6.45) is 2.06. The molecule has 2 rings (SSSR count). The highest BCUT2D eigenvalue weighted by atomic mass is 35.5. The van der Waals surface area contributed by atoms with Gasteiger partial charge in [0, 0.05) is 5.88 Å². The van der Waals surface area contributed by atoms with Gasteiger partial charge in [0.2, 0.25) is 0 Å². The first kappa shape index (κ1) is 14.0. The first-order valence-electron chi connectivity index (χ1n) is 6.62. The van der Waals surface area contributed by atoms with Crippen molar-refractivity contribution in [3.05, 3.63) is 65.2 Å². The van der Waals surface area contributed by atoms with Gasteiger partial charge < -0.3 is 4.74 Å². The number of aryl methyl sites for hydroxylation is 2. The molecule has 0 saturated carbocycles. The first-order chi connectivity index (χ1) is 9.29. The minimum absolute atomic E-state index is 0.612. The fraction of sp³-hybridized carbons (Fsp3) is 0.294. The molecule has 0 unspecified atom stereocenters. The monoisotopic (exact) mass is 274 g/mol. The van der Waals surface area contributed by atoms with Crippen LogP contribution >= 0.6 is 11.6 Å². The molecular weight excluding hydrogens is 256 g/mol. The Hall–Kier alpha value is -1.47. The van der Waals surface area contributed by atoms with E-state index in [-0.39, 0.29) is 0 Å². The van der Waals surface area contributed by atoms with Crippen LogP contribution in [0.5, 0.6) is 5.75 Å². The van der Waals surface area contributed by atoms with Gasteiger partial charge in [0.15, 0.2) is 0 Å². The third-order valence-electron chi connectivity index (χ3n) is 3.14. The first-order valence-corrected chi connectivity index (χ1v) is 7.15. The van der Waals surface area contributed by atoms with Gasteiger partial charge in [-0.05, 0) is 48.6 Å². The maximum Gasteiger partial charge on any atom is 0.120 e. The van der Waals surface area contributed by atoms with Crippen molar-refractivity contribution in [3.63, 3.8) is 0 Å². The average Bonchev–Trinajstić information content (AvgIpc) is 2.45. The van der Waals surface area contributed by atoms with E-state index in [1.54, 1.807) is 0 Å². The van der Waals surface area contributed by atoms with Crippen molar-refractivity contribution in [2.75, 3.05) is 5.88 Å². The zero-order valence-corrected chi connectivity index (χ0v) is 12.0. The standard InChI is InChI=1S/C17H19ClO/c1-14-12-17(10-9-16(14)8-5-11-18)19-13-15-6-3-2-4-7-15/h2-4,6-7,9-10,12H,5,8,11,13H2,1H3. The number of halogens is 1. The molecule has 2 aromatic rings. The van der Waals surface area contributed by atoms with Crippen LogP contribution in [0.3, 0.4) is 0 Å². The molecule has 100 valence electrons. The van der Waals surface area contributed by atoms with Crippen LogP contribution in [0.1, 0.15) is 23.1 Å². The molecule has 0 radical (unpaired) electrons. The van der Waals surface area contributed by atoms with Crippen molar-refractivity contribution in [2.24, 2.45) is 0 Å². The molecule has 0 aliphatic heterocycles. The van der Waals surface area contributed by atoms with Crippen LogP contribution in [0, 0.1) is 6.92 Å². The van der Waals surface area contributed by atoms with Crippen LogP contribution in [0.4, 0.5) is 0 Å². The van der Waals surface area contributed by atoms with E-state index >= 15 is 0 Å². The number of ether oxygens (including phenoxy) is 1. The lowest BCUT2D eigenvalue weighted by Crippen LogP contribution is -1.97. The van der Waals surface area contributed by atoms with Crippen molar-refractivity contribution in [3.8, 4) is 5.75 Å². The number of hydrogen-bond acceptors (Lipinski definition) is 1. The Balaban J connectivity index is 1.96. The molecule has 0 amide bonds. The molecule has 0 heterocycles. The van der Waals surface area contributed by atoms with Crippen LogP contribution in [0.25, 0.3) is 0 Å². The van der Waals surface area contributed by atoms with Crippen molar-refractivity contribution >= 4 is 11.6 Å². The van der Waals surface area contributed by atoms with E-state index in [0.717, 1.165) is 18.6 Å². The maximum absolute atomic E-state index is 5.81. The van der Waals surface area contributed by atoms with E-state index in [4.69, 9.17) is 16.3 Å². The molecular formula is C17H19ClO. The Morgan fingerprint density at radius 1 is 1.05 bits per heavy atom. The van der Waals surface area contributed by atoms with E-state index in [9.17, 15) is 0 Å². The second-order valence-electron chi connectivity index (χ2n) is 4.66. The molecule has 0 N–H and O–H groups in total. The highest BCUT2D eigenvalue weighted by Gasteiger charge is 2.01. The summed E-state index contributed by atoms with van der Waals surface area (Å²) in [6.45, 7) is 2.74. The second kappa shape index (κ2) is 7.20. The number of hydrogen-bond donors (Lipinski definition) is 0. The van der Waals surface area contributed by atoms with Gasteiger partial charge in [0.1, 0.15) is 12.4 Å². The molecule has 0 aliphatic carbocycles. The van der Waals surface area contributed by atoms with Crippen LogP contribution in [-0.2, 0) is 13.0 Å². The smallest absolute Gasteiger partial charge is 0.120 e. The largest absolute Gasteiger partial charge is 0.489 e. The zero-order chi connectivity index (χ0) is 13.5. The summed E-state index contributed by atoms with van der Waals surface area (Å²) in [7, 11) is 0. The topological polar surface area (TPSA) is 9.23 Å². The number of rotatable bonds is 6.